The lowest BCUT2D eigenvalue weighted by molar-refractivity contribution is -0.115. The number of carbonyl (C=O) groups excluding carboxylic acids is 2. The third-order valence-corrected chi connectivity index (χ3v) is 5.96. The van der Waals surface area contributed by atoms with Crippen molar-refractivity contribution in [3.05, 3.63) is 58.1 Å². The average Bonchev–Trinajstić information content (AvgIpc) is 2.60. The summed E-state index contributed by atoms with van der Waals surface area (Å²) in [6.45, 7) is 0. The number of carbonyl (C=O) groups is 2. The lowest BCUT2D eigenvalue weighted by Crippen LogP contribution is -2.22. The number of hydrogen-bond acceptors (Lipinski definition) is 4. The number of hydrogen-bond donors (Lipinski definition) is 1. The molecule has 144 valence electrons. The minimum atomic E-state index is -3.60. The number of halogens is 2. The van der Waals surface area contributed by atoms with Crippen LogP contribution in [0.4, 0.5) is 5.69 Å². The maximum absolute atomic E-state index is 12.3. The zero-order valence-corrected chi connectivity index (χ0v) is 17.0. The molecule has 2 rings (SSSR count). The summed E-state index contributed by atoms with van der Waals surface area (Å²) in [5.41, 5.74) is 0.689. The molecule has 9 heteroatoms. The highest BCUT2D eigenvalue weighted by atomic mass is 35.5. The molecule has 0 radical (unpaired) electrons. The first-order valence-corrected chi connectivity index (χ1v) is 10.3. The fourth-order valence-electron chi connectivity index (χ4n) is 2.22. The van der Waals surface area contributed by atoms with E-state index in [4.69, 9.17) is 23.2 Å². The number of nitrogens with one attached hydrogen (secondary N) is 1. The summed E-state index contributed by atoms with van der Waals surface area (Å²) in [4.78, 5) is 25.5. The van der Waals surface area contributed by atoms with Crippen LogP contribution in [0.5, 0.6) is 0 Å². The molecule has 0 heterocycles. The van der Waals surface area contributed by atoms with Crippen molar-refractivity contribution in [2.75, 3.05) is 25.2 Å². The van der Waals surface area contributed by atoms with Crippen molar-refractivity contribution in [2.24, 2.45) is 0 Å². The molecule has 0 saturated heterocycles. The van der Waals surface area contributed by atoms with Gasteiger partial charge in [-0.25, -0.2) is 8.42 Å². The van der Waals surface area contributed by atoms with Gasteiger partial charge in [0, 0.05) is 31.2 Å². The molecule has 1 N–H and O–H groups in total. The van der Waals surface area contributed by atoms with E-state index in [0.29, 0.717) is 16.3 Å². The second kappa shape index (κ2) is 8.73. The highest BCUT2D eigenvalue weighted by Crippen LogP contribution is 2.22. The highest BCUT2D eigenvalue weighted by Gasteiger charge is 2.17. The van der Waals surface area contributed by atoms with E-state index in [9.17, 15) is 18.0 Å². The Hall–Kier alpha value is -2.09. The van der Waals surface area contributed by atoms with Crippen LogP contribution >= 0.6 is 23.2 Å². The summed E-state index contributed by atoms with van der Waals surface area (Å²) in [7, 11) is -0.383. The first kappa shape index (κ1) is 21.2. The van der Waals surface area contributed by atoms with Crippen molar-refractivity contribution < 1.29 is 18.0 Å². The normalized spacial score (nSPS) is 11.1. The van der Waals surface area contributed by atoms with E-state index in [1.165, 1.54) is 47.4 Å². The van der Waals surface area contributed by atoms with Crippen LogP contribution < -0.4 is 5.32 Å². The molecule has 0 saturated carbocycles. The number of sulfone groups is 1. The molecule has 2 amide bonds. The number of anilines is 1. The van der Waals surface area contributed by atoms with Gasteiger partial charge in [0.25, 0.3) is 5.91 Å². The molecular formula is C18H18Cl2N2O4S. The summed E-state index contributed by atoms with van der Waals surface area (Å²) >= 11 is 11.8. The summed E-state index contributed by atoms with van der Waals surface area (Å²) in [6, 6.07) is 10.2. The van der Waals surface area contributed by atoms with Crippen molar-refractivity contribution in [1.82, 2.24) is 4.90 Å². The Morgan fingerprint density at radius 2 is 1.67 bits per heavy atom. The summed E-state index contributed by atoms with van der Waals surface area (Å²) in [5.74, 6) is -1.08. The van der Waals surface area contributed by atoms with Crippen LogP contribution in [0.15, 0.2) is 47.4 Å². The summed E-state index contributed by atoms with van der Waals surface area (Å²) in [6.07, 6.45) is -0.221. The lowest BCUT2D eigenvalue weighted by atomic mass is 10.2. The van der Waals surface area contributed by atoms with Gasteiger partial charge in [0.15, 0.2) is 9.84 Å². The molecule has 0 aliphatic carbocycles. The molecule has 0 fully saturated rings. The van der Waals surface area contributed by atoms with Gasteiger partial charge in [-0.05, 0) is 42.5 Å². The molecule has 0 aliphatic heterocycles. The van der Waals surface area contributed by atoms with Crippen LogP contribution in [0.1, 0.15) is 16.8 Å². The molecule has 0 unspecified atom stereocenters. The van der Waals surface area contributed by atoms with Gasteiger partial charge in [0.1, 0.15) is 0 Å². The van der Waals surface area contributed by atoms with Gasteiger partial charge in [0.2, 0.25) is 5.91 Å². The Kier molecular flexibility index (Phi) is 6.86. The molecule has 0 aromatic heterocycles. The molecule has 0 aliphatic rings. The largest absolute Gasteiger partial charge is 0.345 e. The molecule has 0 spiro atoms. The van der Waals surface area contributed by atoms with Gasteiger partial charge in [-0.3, -0.25) is 9.59 Å². The minimum Gasteiger partial charge on any atom is -0.345 e. The molecule has 27 heavy (non-hydrogen) atoms. The van der Waals surface area contributed by atoms with E-state index in [1.807, 2.05) is 0 Å². The van der Waals surface area contributed by atoms with Crippen LogP contribution in [0.25, 0.3) is 0 Å². The third-order valence-electron chi connectivity index (χ3n) is 3.66. The van der Waals surface area contributed by atoms with E-state index < -0.39 is 15.7 Å². The Morgan fingerprint density at radius 3 is 2.22 bits per heavy atom. The number of rotatable bonds is 6. The van der Waals surface area contributed by atoms with Gasteiger partial charge in [-0.1, -0.05) is 23.2 Å². The molecule has 2 aromatic rings. The molecule has 0 bridgehead atoms. The lowest BCUT2D eigenvalue weighted by Gasteiger charge is -2.13. The van der Waals surface area contributed by atoms with Crippen LogP contribution in [0.3, 0.4) is 0 Å². The van der Waals surface area contributed by atoms with Gasteiger partial charge in [-0.2, -0.15) is 0 Å². The van der Waals surface area contributed by atoms with Gasteiger partial charge in [0.05, 0.1) is 21.2 Å². The second-order valence-electron chi connectivity index (χ2n) is 5.97. The Balaban J connectivity index is 2.00. The second-order valence-corrected chi connectivity index (χ2v) is 8.92. The first-order valence-electron chi connectivity index (χ1n) is 7.89. The third kappa shape index (κ3) is 5.69. The van der Waals surface area contributed by atoms with Crippen LogP contribution in [0.2, 0.25) is 10.0 Å². The highest BCUT2D eigenvalue weighted by molar-refractivity contribution is 7.91. The van der Waals surface area contributed by atoms with Gasteiger partial charge >= 0.3 is 0 Å². The Bertz CT molecular complexity index is 958. The predicted molar refractivity (Wildman–Crippen MR) is 106 cm³/mol. The number of amides is 2. The van der Waals surface area contributed by atoms with Crippen LogP contribution in [-0.2, 0) is 14.6 Å². The fraction of sp³-hybridized carbons (Fsp3) is 0.222. The van der Waals surface area contributed by atoms with Crippen LogP contribution in [0, 0.1) is 0 Å². The van der Waals surface area contributed by atoms with E-state index >= 15 is 0 Å². The average molecular weight is 429 g/mol. The number of nitrogens with zero attached hydrogens (tertiary/aromatic N) is 1. The molecule has 0 atom stereocenters. The van der Waals surface area contributed by atoms with Crippen molar-refractivity contribution in [3.63, 3.8) is 0 Å². The van der Waals surface area contributed by atoms with Gasteiger partial charge in [-0.15, -0.1) is 0 Å². The van der Waals surface area contributed by atoms with Crippen molar-refractivity contribution in [3.8, 4) is 0 Å². The van der Waals surface area contributed by atoms with E-state index in [-0.39, 0.29) is 28.0 Å². The standard InChI is InChI=1S/C18H18Cl2N2O4S/c1-22(2)18(24)15-8-5-13(11-16(15)20)21-17(23)9-10-27(25,26)14-6-3-12(19)4-7-14/h3-8,11H,9-10H2,1-2H3,(H,21,23). The van der Waals surface area contributed by atoms with Crippen molar-refractivity contribution >= 4 is 50.5 Å². The molecule has 6 nitrogen and oxygen atoms in total. The molecule has 2 aromatic carbocycles. The monoisotopic (exact) mass is 428 g/mol. The Morgan fingerprint density at radius 1 is 1.04 bits per heavy atom. The van der Waals surface area contributed by atoms with Crippen LogP contribution in [-0.4, -0.2) is 45.0 Å². The predicted octanol–water partition coefficient (Wildman–Crippen LogP) is 3.50. The maximum atomic E-state index is 12.3. The summed E-state index contributed by atoms with van der Waals surface area (Å²) < 4.78 is 24.5. The maximum Gasteiger partial charge on any atom is 0.254 e. The first-order chi connectivity index (χ1) is 12.6. The van der Waals surface area contributed by atoms with Crippen molar-refractivity contribution in [2.45, 2.75) is 11.3 Å². The summed E-state index contributed by atoms with van der Waals surface area (Å²) in [5, 5.41) is 3.20. The smallest absolute Gasteiger partial charge is 0.254 e. The zero-order chi connectivity index (χ0) is 20.2. The topological polar surface area (TPSA) is 83.6 Å². The molecular weight excluding hydrogens is 411 g/mol. The quantitative estimate of drug-likeness (QED) is 0.762. The van der Waals surface area contributed by atoms with E-state index in [1.54, 1.807) is 14.1 Å². The SMILES string of the molecule is CN(C)C(=O)c1ccc(NC(=O)CCS(=O)(=O)c2ccc(Cl)cc2)cc1Cl. The van der Waals surface area contributed by atoms with Crippen molar-refractivity contribution in [1.29, 1.82) is 0 Å². The van der Waals surface area contributed by atoms with Gasteiger partial charge < -0.3 is 10.2 Å². The van der Waals surface area contributed by atoms with E-state index in [2.05, 4.69) is 5.32 Å². The minimum absolute atomic E-state index is 0.106. The number of benzene rings is 2. The zero-order valence-electron chi connectivity index (χ0n) is 14.7. The van der Waals surface area contributed by atoms with E-state index in [0.717, 1.165) is 0 Å². The Labute approximate surface area is 168 Å². The fourth-order valence-corrected chi connectivity index (χ4v) is 3.85.